The van der Waals surface area contributed by atoms with Crippen LogP contribution in [0.5, 0.6) is 0 Å². The molecule has 1 aliphatic carbocycles. The van der Waals surface area contributed by atoms with Crippen LogP contribution in [0.4, 0.5) is 5.95 Å². The fraction of sp³-hybridized carbons (Fsp3) is 0.522. The molecule has 1 aliphatic heterocycles. The van der Waals surface area contributed by atoms with Gasteiger partial charge < -0.3 is 15.2 Å². The van der Waals surface area contributed by atoms with Crippen molar-refractivity contribution in [3.63, 3.8) is 0 Å². The molecule has 2 aromatic heterocycles. The summed E-state index contributed by atoms with van der Waals surface area (Å²) in [4.78, 5) is 33.6. The largest absolute Gasteiger partial charge is 0.341 e. The summed E-state index contributed by atoms with van der Waals surface area (Å²) >= 11 is 0. The van der Waals surface area contributed by atoms with Gasteiger partial charge in [-0.2, -0.15) is 4.98 Å². The molecule has 0 radical (unpaired) electrons. The first-order chi connectivity index (χ1) is 15.0. The van der Waals surface area contributed by atoms with Crippen molar-refractivity contribution < 1.29 is 0 Å². The zero-order valence-electron chi connectivity index (χ0n) is 18.0. The van der Waals surface area contributed by atoms with Gasteiger partial charge in [0.1, 0.15) is 0 Å². The van der Waals surface area contributed by atoms with Crippen LogP contribution in [0.2, 0.25) is 0 Å². The molecule has 1 atom stereocenters. The highest BCUT2D eigenvalue weighted by molar-refractivity contribution is 5.74. The molecular weight excluding hydrogens is 392 g/mol. The van der Waals surface area contributed by atoms with Crippen molar-refractivity contribution in [1.82, 2.24) is 18.7 Å². The van der Waals surface area contributed by atoms with Gasteiger partial charge in [-0.05, 0) is 43.6 Å². The van der Waals surface area contributed by atoms with Crippen LogP contribution < -0.4 is 21.9 Å². The maximum absolute atomic E-state index is 13.6. The van der Waals surface area contributed by atoms with Gasteiger partial charge >= 0.3 is 5.69 Å². The van der Waals surface area contributed by atoms with Crippen molar-refractivity contribution in [2.45, 2.75) is 51.2 Å². The monoisotopic (exact) mass is 422 g/mol. The molecule has 3 heterocycles. The van der Waals surface area contributed by atoms with Gasteiger partial charge in [0.05, 0.1) is 0 Å². The van der Waals surface area contributed by atoms with E-state index in [0.29, 0.717) is 30.0 Å². The van der Waals surface area contributed by atoms with E-state index in [9.17, 15) is 9.59 Å². The molecular formula is C23H30N6O2. The summed E-state index contributed by atoms with van der Waals surface area (Å²) in [6, 6.07) is 10.0. The first kappa shape index (κ1) is 20.1. The smallest absolute Gasteiger partial charge is 0.332 e. The minimum absolute atomic E-state index is 0.106. The number of aryl methyl sites for hydroxylation is 2. The highest BCUT2D eigenvalue weighted by Gasteiger charge is 2.30. The molecule has 2 fully saturated rings. The number of anilines is 1. The molecule has 8 heteroatoms. The minimum Gasteiger partial charge on any atom is -0.341 e. The fourth-order valence-corrected chi connectivity index (χ4v) is 4.61. The molecule has 5 rings (SSSR count). The van der Waals surface area contributed by atoms with Crippen LogP contribution in [0.1, 0.15) is 31.2 Å². The molecule has 0 amide bonds. The van der Waals surface area contributed by atoms with E-state index >= 15 is 0 Å². The Kier molecular flexibility index (Phi) is 5.17. The standard InChI is InChI=1S/C23H30N6O2/c1-26-20-19(21(30)28(23(26)31)13-11-16-6-3-2-4-7-16)29(14-17-9-10-17)22(25-20)27-12-5-8-18(24)15-27/h2-4,6-7,17-18H,5,8-15,24H2,1H3. The highest BCUT2D eigenvalue weighted by Crippen LogP contribution is 2.34. The van der Waals surface area contributed by atoms with Gasteiger partial charge in [-0.1, -0.05) is 30.3 Å². The first-order valence-corrected chi connectivity index (χ1v) is 11.3. The molecule has 2 aliphatic rings. The van der Waals surface area contributed by atoms with Crippen molar-refractivity contribution in [2.24, 2.45) is 18.7 Å². The molecule has 2 N–H and O–H groups in total. The second-order valence-corrected chi connectivity index (χ2v) is 9.02. The third-order valence-electron chi connectivity index (χ3n) is 6.56. The van der Waals surface area contributed by atoms with Crippen LogP contribution in [0.25, 0.3) is 11.2 Å². The number of benzene rings is 1. The zero-order valence-corrected chi connectivity index (χ0v) is 18.0. The SMILES string of the molecule is Cn1c(=O)n(CCc2ccccc2)c(=O)c2c1nc(N1CCCC(N)C1)n2CC1CC1. The van der Waals surface area contributed by atoms with E-state index in [1.165, 1.54) is 22.0 Å². The normalized spacial score (nSPS) is 19.3. The molecule has 1 saturated carbocycles. The Bertz CT molecular complexity index is 1200. The maximum atomic E-state index is 13.6. The van der Waals surface area contributed by atoms with Crippen molar-refractivity contribution >= 4 is 17.1 Å². The summed E-state index contributed by atoms with van der Waals surface area (Å²) in [6.45, 7) is 2.72. The van der Waals surface area contributed by atoms with Gasteiger partial charge in [0.25, 0.3) is 5.56 Å². The molecule has 0 spiro atoms. The summed E-state index contributed by atoms with van der Waals surface area (Å²) in [6.07, 6.45) is 4.99. The molecule has 8 nitrogen and oxygen atoms in total. The Morgan fingerprint density at radius 1 is 1.10 bits per heavy atom. The Morgan fingerprint density at radius 3 is 2.58 bits per heavy atom. The van der Waals surface area contributed by atoms with Gasteiger partial charge in [0.2, 0.25) is 5.95 Å². The molecule has 1 saturated heterocycles. The van der Waals surface area contributed by atoms with Crippen LogP contribution in [0, 0.1) is 5.92 Å². The minimum atomic E-state index is -0.314. The van der Waals surface area contributed by atoms with Gasteiger partial charge in [-0.3, -0.25) is 13.9 Å². The number of piperidine rings is 1. The maximum Gasteiger partial charge on any atom is 0.332 e. The summed E-state index contributed by atoms with van der Waals surface area (Å²) in [5.74, 6) is 1.36. The number of hydrogen-bond donors (Lipinski definition) is 1. The van der Waals surface area contributed by atoms with Crippen molar-refractivity contribution in [2.75, 3.05) is 18.0 Å². The van der Waals surface area contributed by atoms with Crippen LogP contribution in [0.15, 0.2) is 39.9 Å². The summed E-state index contributed by atoms with van der Waals surface area (Å²) < 4.78 is 4.95. The van der Waals surface area contributed by atoms with Gasteiger partial charge in [0.15, 0.2) is 11.2 Å². The van der Waals surface area contributed by atoms with Crippen LogP contribution in [-0.2, 0) is 26.6 Å². The summed E-state index contributed by atoms with van der Waals surface area (Å²) in [5, 5.41) is 0. The first-order valence-electron chi connectivity index (χ1n) is 11.3. The lowest BCUT2D eigenvalue weighted by Gasteiger charge is -2.31. The lowest BCUT2D eigenvalue weighted by molar-refractivity contribution is 0.490. The van der Waals surface area contributed by atoms with E-state index in [0.717, 1.165) is 44.0 Å². The topological polar surface area (TPSA) is 91.1 Å². The van der Waals surface area contributed by atoms with Crippen molar-refractivity contribution in [1.29, 1.82) is 0 Å². The van der Waals surface area contributed by atoms with E-state index < -0.39 is 0 Å². The Balaban J connectivity index is 1.61. The number of imidazole rings is 1. The van der Waals surface area contributed by atoms with E-state index in [1.807, 2.05) is 30.3 Å². The second kappa shape index (κ2) is 8.00. The summed E-state index contributed by atoms with van der Waals surface area (Å²) in [5.41, 5.74) is 7.78. The van der Waals surface area contributed by atoms with Gasteiger partial charge in [-0.15, -0.1) is 0 Å². The summed E-state index contributed by atoms with van der Waals surface area (Å²) in [7, 11) is 1.71. The number of hydrogen-bond acceptors (Lipinski definition) is 5. The number of nitrogens with two attached hydrogens (primary N) is 1. The van der Waals surface area contributed by atoms with Crippen LogP contribution in [-0.4, -0.2) is 37.8 Å². The van der Waals surface area contributed by atoms with E-state index in [2.05, 4.69) is 9.47 Å². The third-order valence-corrected chi connectivity index (χ3v) is 6.56. The van der Waals surface area contributed by atoms with E-state index in [-0.39, 0.29) is 17.3 Å². The lowest BCUT2D eigenvalue weighted by Crippen LogP contribution is -2.44. The fourth-order valence-electron chi connectivity index (χ4n) is 4.61. The number of aromatic nitrogens is 4. The zero-order chi connectivity index (χ0) is 21.5. The average Bonchev–Trinajstić information content (AvgIpc) is 3.51. The number of rotatable bonds is 6. The Morgan fingerprint density at radius 2 is 1.87 bits per heavy atom. The number of fused-ring (bicyclic) bond motifs is 1. The number of nitrogens with zero attached hydrogens (tertiary/aromatic N) is 5. The molecule has 164 valence electrons. The molecule has 1 unspecified atom stereocenters. The third kappa shape index (κ3) is 3.80. The highest BCUT2D eigenvalue weighted by atomic mass is 16.2. The average molecular weight is 423 g/mol. The molecule has 1 aromatic carbocycles. The molecule has 31 heavy (non-hydrogen) atoms. The quantitative estimate of drug-likeness (QED) is 0.650. The van der Waals surface area contributed by atoms with E-state index in [1.54, 1.807) is 7.05 Å². The van der Waals surface area contributed by atoms with Crippen LogP contribution in [0.3, 0.4) is 0 Å². The van der Waals surface area contributed by atoms with E-state index in [4.69, 9.17) is 10.7 Å². The Hall–Kier alpha value is -2.87. The van der Waals surface area contributed by atoms with Crippen molar-refractivity contribution in [3.8, 4) is 0 Å². The van der Waals surface area contributed by atoms with Crippen molar-refractivity contribution in [3.05, 3.63) is 56.7 Å². The second-order valence-electron chi connectivity index (χ2n) is 9.02. The predicted molar refractivity (Wildman–Crippen MR) is 122 cm³/mol. The molecule has 3 aromatic rings. The van der Waals surface area contributed by atoms with Gasteiger partial charge in [-0.25, -0.2) is 4.79 Å². The predicted octanol–water partition coefficient (Wildman–Crippen LogP) is 1.48. The Labute approximate surface area is 180 Å². The van der Waals surface area contributed by atoms with Gasteiger partial charge in [0, 0.05) is 39.3 Å². The lowest BCUT2D eigenvalue weighted by atomic mass is 10.1. The molecule has 0 bridgehead atoms. The van der Waals surface area contributed by atoms with Crippen LogP contribution >= 0.6 is 0 Å².